The van der Waals surface area contributed by atoms with Gasteiger partial charge in [0.15, 0.2) is 0 Å². The van der Waals surface area contributed by atoms with Gasteiger partial charge in [-0.2, -0.15) is 0 Å². The number of hydrogen-bond acceptors (Lipinski definition) is 5. The minimum atomic E-state index is -0.265. The van der Waals surface area contributed by atoms with E-state index in [1.165, 1.54) is 23.5 Å². The number of nitrogens with one attached hydrogen (secondary N) is 1. The summed E-state index contributed by atoms with van der Waals surface area (Å²) in [7, 11) is 1.96. The second-order valence-corrected chi connectivity index (χ2v) is 7.97. The van der Waals surface area contributed by atoms with Gasteiger partial charge in [-0.25, -0.2) is 4.39 Å². The van der Waals surface area contributed by atoms with Gasteiger partial charge in [-0.15, -0.1) is 11.3 Å². The zero-order valence-electron chi connectivity index (χ0n) is 15.7. The van der Waals surface area contributed by atoms with Gasteiger partial charge in [-0.1, -0.05) is 18.2 Å². The zero-order chi connectivity index (χ0) is 19.5. The number of nitrogens with zero attached hydrogens (tertiary/aromatic N) is 3. The highest BCUT2D eigenvalue weighted by Crippen LogP contribution is 2.31. The molecule has 1 N–H and O–H groups in total. The van der Waals surface area contributed by atoms with Crippen molar-refractivity contribution in [2.24, 2.45) is 4.99 Å². The highest BCUT2D eigenvalue weighted by Gasteiger charge is 2.34. The van der Waals surface area contributed by atoms with Crippen LogP contribution in [0, 0.1) is 5.82 Å². The van der Waals surface area contributed by atoms with E-state index in [0.29, 0.717) is 0 Å². The fourth-order valence-electron chi connectivity index (χ4n) is 3.77. The first kappa shape index (κ1) is 18.8. The third kappa shape index (κ3) is 3.72. The van der Waals surface area contributed by atoms with Gasteiger partial charge in [0.05, 0.1) is 17.1 Å². The van der Waals surface area contributed by atoms with Crippen LogP contribution < -0.4 is 5.32 Å². The molecule has 3 heterocycles. The molecule has 2 aliphatic heterocycles. The van der Waals surface area contributed by atoms with Crippen LogP contribution in [0.4, 0.5) is 4.39 Å². The maximum Gasteiger partial charge on any atom is 0.269 e. The normalized spacial score (nSPS) is 20.1. The average Bonchev–Trinajstić information content (AvgIpc) is 3.26. The van der Waals surface area contributed by atoms with Crippen molar-refractivity contribution >= 4 is 23.5 Å². The Kier molecular flexibility index (Phi) is 5.54. The maximum atomic E-state index is 13.4. The lowest BCUT2D eigenvalue weighted by Crippen LogP contribution is -2.49. The summed E-state index contributed by atoms with van der Waals surface area (Å²) in [4.78, 5) is 22.5. The summed E-state index contributed by atoms with van der Waals surface area (Å²) in [5, 5.41) is 5.29. The van der Waals surface area contributed by atoms with Crippen LogP contribution in [0.5, 0.6) is 0 Å². The molecule has 146 valence electrons. The fourth-order valence-corrected chi connectivity index (χ4v) is 4.43. The molecule has 1 fully saturated rings. The van der Waals surface area contributed by atoms with Crippen LogP contribution in [0.3, 0.4) is 0 Å². The molecule has 0 saturated carbocycles. The molecule has 1 saturated heterocycles. The maximum absolute atomic E-state index is 13.4. The van der Waals surface area contributed by atoms with Crippen LogP contribution in [0.1, 0.15) is 34.1 Å². The number of carbonyl (C=O) groups is 1. The van der Waals surface area contributed by atoms with Gasteiger partial charge in [-0.3, -0.25) is 14.7 Å². The van der Waals surface area contributed by atoms with Crippen LogP contribution in [-0.4, -0.2) is 48.1 Å². The summed E-state index contributed by atoms with van der Waals surface area (Å²) in [6, 6.07) is 10.2. The molecule has 1 amide bonds. The van der Waals surface area contributed by atoms with Gasteiger partial charge in [0, 0.05) is 19.3 Å². The van der Waals surface area contributed by atoms with Gasteiger partial charge < -0.3 is 10.2 Å². The van der Waals surface area contributed by atoms with Crippen LogP contribution in [0.2, 0.25) is 0 Å². The van der Waals surface area contributed by atoms with Gasteiger partial charge in [0.2, 0.25) is 0 Å². The van der Waals surface area contributed by atoms with Crippen molar-refractivity contribution in [3.63, 3.8) is 0 Å². The molecule has 1 aromatic heterocycles. The number of halogens is 1. The Morgan fingerprint density at radius 2 is 2.00 bits per heavy atom. The van der Waals surface area contributed by atoms with Crippen LogP contribution in [0.15, 0.2) is 58.8 Å². The second kappa shape index (κ2) is 8.24. The molecule has 0 bridgehead atoms. The SMILES string of the molecule is CN1C(N(C(=O)c2cccs2)C2CCNCC2)=CN=CC1c1ccc(F)cc1. The van der Waals surface area contributed by atoms with E-state index in [1.807, 2.05) is 40.6 Å². The van der Waals surface area contributed by atoms with Crippen molar-refractivity contribution in [1.82, 2.24) is 15.1 Å². The second-order valence-electron chi connectivity index (χ2n) is 7.03. The number of carbonyl (C=O) groups excluding carboxylic acids is 1. The van der Waals surface area contributed by atoms with E-state index in [4.69, 9.17) is 0 Å². The van der Waals surface area contributed by atoms with Crippen LogP contribution in [-0.2, 0) is 0 Å². The quantitative estimate of drug-likeness (QED) is 0.856. The summed E-state index contributed by atoms with van der Waals surface area (Å²) in [5.41, 5.74) is 0.937. The van der Waals surface area contributed by atoms with E-state index < -0.39 is 0 Å². The third-order valence-electron chi connectivity index (χ3n) is 5.28. The molecule has 0 radical (unpaired) electrons. The van der Waals surface area contributed by atoms with Gasteiger partial charge in [0.25, 0.3) is 5.91 Å². The van der Waals surface area contributed by atoms with Crippen molar-refractivity contribution in [2.45, 2.75) is 24.9 Å². The molecular weight excluding hydrogens is 375 g/mol. The topological polar surface area (TPSA) is 47.9 Å². The Labute approximate surface area is 168 Å². The summed E-state index contributed by atoms with van der Waals surface area (Å²) >= 11 is 1.45. The number of hydrogen-bond donors (Lipinski definition) is 1. The van der Waals surface area contributed by atoms with E-state index in [0.717, 1.165) is 42.2 Å². The van der Waals surface area contributed by atoms with E-state index in [9.17, 15) is 9.18 Å². The Bertz CT molecular complexity index is 872. The summed E-state index contributed by atoms with van der Waals surface area (Å²) in [6.07, 6.45) is 5.38. The van der Waals surface area contributed by atoms with Crippen molar-refractivity contribution in [3.8, 4) is 0 Å². The Hall–Kier alpha value is -2.51. The number of amides is 1. The molecule has 0 aliphatic carbocycles. The van der Waals surface area contributed by atoms with Crippen LogP contribution in [0.25, 0.3) is 0 Å². The van der Waals surface area contributed by atoms with Gasteiger partial charge in [-0.05, 0) is 55.1 Å². The van der Waals surface area contributed by atoms with E-state index in [-0.39, 0.29) is 23.8 Å². The van der Waals surface area contributed by atoms with E-state index >= 15 is 0 Å². The van der Waals surface area contributed by atoms with Gasteiger partial charge >= 0.3 is 0 Å². The molecule has 2 aliphatic rings. The first-order valence-electron chi connectivity index (χ1n) is 9.44. The largest absolute Gasteiger partial charge is 0.348 e. The molecule has 2 aromatic rings. The van der Waals surface area contributed by atoms with Crippen molar-refractivity contribution in [3.05, 3.63) is 70.1 Å². The Morgan fingerprint density at radius 1 is 1.25 bits per heavy atom. The molecule has 1 aromatic carbocycles. The lowest BCUT2D eigenvalue weighted by Gasteiger charge is -2.42. The first-order chi connectivity index (χ1) is 13.6. The number of aliphatic imine (C=N–C) groups is 1. The molecule has 5 nitrogen and oxygen atoms in total. The zero-order valence-corrected chi connectivity index (χ0v) is 16.5. The molecule has 28 heavy (non-hydrogen) atoms. The minimum Gasteiger partial charge on any atom is -0.348 e. The molecule has 1 unspecified atom stereocenters. The minimum absolute atomic E-state index is 0.00922. The van der Waals surface area contributed by atoms with E-state index in [1.54, 1.807) is 18.3 Å². The summed E-state index contributed by atoms with van der Waals surface area (Å²) < 4.78 is 13.3. The average molecular weight is 399 g/mol. The number of thiophene rings is 1. The molecule has 1 atom stereocenters. The van der Waals surface area contributed by atoms with Crippen LogP contribution >= 0.6 is 11.3 Å². The Morgan fingerprint density at radius 3 is 2.68 bits per heavy atom. The predicted molar refractivity (Wildman–Crippen MR) is 110 cm³/mol. The van der Waals surface area contributed by atoms with Crippen molar-refractivity contribution in [2.75, 3.05) is 20.1 Å². The summed E-state index contributed by atoms with van der Waals surface area (Å²) in [5.74, 6) is 0.524. The number of rotatable bonds is 4. The van der Waals surface area contributed by atoms with Crippen molar-refractivity contribution < 1.29 is 9.18 Å². The highest BCUT2D eigenvalue weighted by molar-refractivity contribution is 7.12. The number of piperidine rings is 1. The summed E-state index contributed by atoms with van der Waals surface area (Å²) in [6.45, 7) is 1.78. The molecule has 4 rings (SSSR count). The molecular formula is C21H23FN4OS. The molecule has 0 spiro atoms. The molecule has 7 heteroatoms. The lowest BCUT2D eigenvalue weighted by atomic mass is 10.0. The highest BCUT2D eigenvalue weighted by atomic mass is 32.1. The van der Waals surface area contributed by atoms with E-state index in [2.05, 4.69) is 10.3 Å². The third-order valence-corrected chi connectivity index (χ3v) is 6.14. The van der Waals surface area contributed by atoms with Crippen molar-refractivity contribution in [1.29, 1.82) is 0 Å². The Balaban J connectivity index is 1.66. The first-order valence-corrected chi connectivity index (χ1v) is 10.3. The lowest BCUT2D eigenvalue weighted by molar-refractivity contribution is 0.0640. The smallest absolute Gasteiger partial charge is 0.269 e. The number of benzene rings is 1. The van der Waals surface area contributed by atoms with Gasteiger partial charge in [0.1, 0.15) is 11.6 Å². The fraction of sp³-hybridized carbons (Fsp3) is 0.333. The predicted octanol–water partition coefficient (Wildman–Crippen LogP) is 3.64. The standard InChI is InChI=1S/C21H23FN4OS/c1-25-18(15-4-6-16(22)7-5-15)13-24-14-20(25)26(17-8-10-23-11-9-17)21(27)19-3-2-12-28-19/h2-7,12-14,17-18,23H,8-11H2,1H3. The monoisotopic (exact) mass is 398 g/mol.